The highest BCUT2D eigenvalue weighted by Crippen LogP contribution is 2.75. The summed E-state index contributed by atoms with van der Waals surface area (Å²) in [5, 5.41) is 0. The molecule has 1 heteroatoms. The van der Waals surface area contributed by atoms with Gasteiger partial charge in [0.1, 0.15) is 0 Å². The van der Waals surface area contributed by atoms with E-state index in [1.807, 2.05) is 0 Å². The molecule has 1 unspecified atom stereocenters. The smallest absolute Gasteiger partial charge is 0.00933 e. The van der Waals surface area contributed by atoms with Gasteiger partial charge >= 0.3 is 0 Å². The van der Waals surface area contributed by atoms with Crippen LogP contribution in [0.4, 0.5) is 0 Å². The Balaban J connectivity index is 1.53. The summed E-state index contributed by atoms with van der Waals surface area (Å²) >= 11 is 0. The summed E-state index contributed by atoms with van der Waals surface area (Å²) in [6.45, 7) is 20.0. The molecule has 30 heavy (non-hydrogen) atoms. The molecule has 0 radical (unpaired) electrons. The average molecular weight is 412 g/mol. The minimum Gasteiger partial charge on any atom is -0.327 e. The van der Waals surface area contributed by atoms with Crippen LogP contribution in [0.2, 0.25) is 0 Å². The number of rotatable bonds is 1. The molecule has 0 heterocycles. The predicted octanol–water partition coefficient (Wildman–Crippen LogP) is 7.60. The Morgan fingerprint density at radius 3 is 2.17 bits per heavy atom. The lowest BCUT2D eigenvalue weighted by Gasteiger charge is -2.72. The number of hydrogen-bond donors (Lipinski definition) is 1. The molecule has 0 aliphatic heterocycles. The third-order valence-corrected chi connectivity index (χ3v) is 13.0. The molecule has 2 N–H and O–H groups in total. The first-order valence-electron chi connectivity index (χ1n) is 13.4. The van der Waals surface area contributed by atoms with Crippen LogP contribution in [0, 0.1) is 57.2 Å². The van der Waals surface area contributed by atoms with Crippen molar-refractivity contribution in [3.05, 3.63) is 12.2 Å². The van der Waals surface area contributed by atoms with E-state index in [0.29, 0.717) is 27.7 Å². The summed E-state index contributed by atoms with van der Waals surface area (Å²) in [5.74, 6) is 5.35. The maximum Gasteiger partial charge on any atom is 0.00933 e. The minimum absolute atomic E-state index is 0.292. The van der Waals surface area contributed by atoms with E-state index in [2.05, 4.69) is 48.1 Å². The van der Waals surface area contributed by atoms with E-state index in [1.165, 1.54) is 69.8 Å². The van der Waals surface area contributed by atoms with E-state index in [4.69, 9.17) is 5.73 Å². The topological polar surface area (TPSA) is 26.0 Å². The SMILES string of the molecule is C=C(C)[C@@H]1CC[C@@H]2CC[C@]3(C)[C@H](CC[C@@H]4[C@@]5(C)CCC(N)C(C)(C)[C@@H]5CC[C@]43C)[C@H]21. The van der Waals surface area contributed by atoms with Crippen molar-refractivity contribution in [2.45, 2.75) is 112 Å². The third kappa shape index (κ3) is 2.51. The van der Waals surface area contributed by atoms with Crippen molar-refractivity contribution in [3.8, 4) is 0 Å². The molecule has 0 aromatic carbocycles. The van der Waals surface area contributed by atoms with Crippen LogP contribution in [0.1, 0.15) is 106 Å². The summed E-state index contributed by atoms with van der Waals surface area (Å²) in [4.78, 5) is 0. The molecule has 170 valence electrons. The first-order valence-corrected chi connectivity index (χ1v) is 13.4. The highest BCUT2D eigenvalue weighted by molar-refractivity contribution is 5.19. The number of hydrogen-bond acceptors (Lipinski definition) is 1. The molecule has 0 aromatic heterocycles. The Morgan fingerprint density at radius 1 is 0.767 bits per heavy atom. The largest absolute Gasteiger partial charge is 0.327 e. The number of nitrogens with two attached hydrogens (primary N) is 1. The van der Waals surface area contributed by atoms with Gasteiger partial charge in [0.2, 0.25) is 0 Å². The lowest BCUT2D eigenvalue weighted by Crippen LogP contribution is -2.66. The lowest BCUT2D eigenvalue weighted by atomic mass is 9.33. The van der Waals surface area contributed by atoms with E-state index in [9.17, 15) is 0 Å². The normalized spacial score (nSPS) is 57.0. The van der Waals surface area contributed by atoms with Crippen LogP contribution in [-0.2, 0) is 0 Å². The standard InChI is InChI=1S/C29H49N/c1-18(2)20-9-8-19-12-16-28(6)21(25(19)20)10-11-23-27(5)15-14-24(30)26(3,4)22(27)13-17-29(23,28)7/h19-25H,1,8-17,30H2,2-7H3/t19-,20+,21-,22+,23-,24?,25-,27+,28-,29-/m1/s1. The van der Waals surface area contributed by atoms with Crippen molar-refractivity contribution in [1.82, 2.24) is 0 Å². The van der Waals surface area contributed by atoms with Crippen LogP contribution in [0.25, 0.3) is 0 Å². The summed E-state index contributed by atoms with van der Waals surface area (Å²) < 4.78 is 0. The van der Waals surface area contributed by atoms with E-state index < -0.39 is 0 Å². The summed E-state index contributed by atoms with van der Waals surface area (Å²) in [5.41, 5.74) is 9.99. The van der Waals surface area contributed by atoms with Crippen molar-refractivity contribution in [1.29, 1.82) is 0 Å². The molecule has 0 saturated heterocycles. The van der Waals surface area contributed by atoms with Gasteiger partial charge in [-0.05, 0) is 128 Å². The van der Waals surface area contributed by atoms with E-state index >= 15 is 0 Å². The first-order chi connectivity index (χ1) is 14.0. The monoisotopic (exact) mass is 411 g/mol. The van der Waals surface area contributed by atoms with Gasteiger partial charge in [-0.3, -0.25) is 0 Å². The number of allylic oxidation sites excluding steroid dienone is 1. The Hall–Kier alpha value is -0.300. The third-order valence-electron chi connectivity index (χ3n) is 13.0. The number of fused-ring (bicyclic) bond motifs is 7. The van der Waals surface area contributed by atoms with Gasteiger partial charge in [-0.2, -0.15) is 0 Å². The van der Waals surface area contributed by atoms with Crippen molar-refractivity contribution in [2.75, 3.05) is 0 Å². The van der Waals surface area contributed by atoms with Gasteiger partial charge in [0.05, 0.1) is 0 Å². The molecule has 5 aliphatic rings. The van der Waals surface area contributed by atoms with Crippen molar-refractivity contribution in [2.24, 2.45) is 62.9 Å². The molecule has 5 fully saturated rings. The van der Waals surface area contributed by atoms with Gasteiger partial charge in [-0.15, -0.1) is 0 Å². The molecule has 5 saturated carbocycles. The van der Waals surface area contributed by atoms with Crippen LogP contribution in [0.5, 0.6) is 0 Å². The minimum atomic E-state index is 0.292. The molecule has 0 aromatic rings. The molecular formula is C29H49N. The van der Waals surface area contributed by atoms with Crippen LogP contribution in [0.3, 0.4) is 0 Å². The van der Waals surface area contributed by atoms with E-state index in [-0.39, 0.29) is 0 Å². The maximum atomic E-state index is 6.71. The average Bonchev–Trinajstić information content (AvgIpc) is 3.10. The second kappa shape index (κ2) is 6.61. The molecule has 0 spiro atoms. The van der Waals surface area contributed by atoms with Crippen molar-refractivity contribution >= 4 is 0 Å². The molecule has 5 aliphatic carbocycles. The Kier molecular flexibility index (Phi) is 4.75. The zero-order chi connectivity index (χ0) is 21.7. The maximum absolute atomic E-state index is 6.71. The molecule has 0 bridgehead atoms. The van der Waals surface area contributed by atoms with Gasteiger partial charge < -0.3 is 5.73 Å². The molecule has 10 atom stereocenters. The van der Waals surface area contributed by atoms with Gasteiger partial charge in [0, 0.05) is 6.04 Å². The van der Waals surface area contributed by atoms with Crippen LogP contribution in [0.15, 0.2) is 12.2 Å². The van der Waals surface area contributed by atoms with Crippen LogP contribution >= 0.6 is 0 Å². The van der Waals surface area contributed by atoms with E-state index in [1.54, 1.807) is 0 Å². The Morgan fingerprint density at radius 2 is 1.47 bits per heavy atom. The van der Waals surface area contributed by atoms with Gasteiger partial charge in [-0.1, -0.05) is 46.8 Å². The summed E-state index contributed by atoms with van der Waals surface area (Å²) in [6, 6.07) is 0.386. The van der Waals surface area contributed by atoms with Gasteiger partial charge in [0.25, 0.3) is 0 Å². The van der Waals surface area contributed by atoms with E-state index in [0.717, 1.165) is 35.5 Å². The van der Waals surface area contributed by atoms with Crippen LogP contribution < -0.4 is 5.73 Å². The van der Waals surface area contributed by atoms with Crippen molar-refractivity contribution in [3.63, 3.8) is 0 Å². The quantitative estimate of drug-likeness (QED) is 0.442. The zero-order valence-corrected chi connectivity index (χ0v) is 20.9. The Labute approximate surface area is 187 Å². The second-order valence-electron chi connectivity index (χ2n) is 14.0. The second-order valence-corrected chi connectivity index (χ2v) is 14.0. The first kappa shape index (κ1) is 21.5. The lowest BCUT2D eigenvalue weighted by molar-refractivity contribution is -0.230. The summed E-state index contributed by atoms with van der Waals surface area (Å²) in [7, 11) is 0. The fourth-order valence-electron chi connectivity index (χ4n) is 11.2. The highest BCUT2D eigenvalue weighted by Gasteiger charge is 2.68. The van der Waals surface area contributed by atoms with Gasteiger partial charge in [0.15, 0.2) is 0 Å². The fourth-order valence-corrected chi connectivity index (χ4v) is 11.2. The molecular weight excluding hydrogens is 362 g/mol. The zero-order valence-electron chi connectivity index (χ0n) is 20.9. The highest BCUT2D eigenvalue weighted by atomic mass is 14.8. The van der Waals surface area contributed by atoms with Gasteiger partial charge in [-0.25, -0.2) is 0 Å². The molecule has 1 nitrogen and oxygen atoms in total. The predicted molar refractivity (Wildman–Crippen MR) is 128 cm³/mol. The van der Waals surface area contributed by atoms with Crippen LogP contribution in [-0.4, -0.2) is 6.04 Å². The fraction of sp³-hybridized carbons (Fsp3) is 0.931. The Bertz CT molecular complexity index is 722. The summed E-state index contributed by atoms with van der Waals surface area (Å²) in [6.07, 6.45) is 14.3. The molecule has 0 amide bonds. The molecule has 5 rings (SSSR count). The van der Waals surface area contributed by atoms with Crippen molar-refractivity contribution < 1.29 is 0 Å².